The molecule has 1 N–H and O–H groups in total. The lowest BCUT2D eigenvalue weighted by molar-refractivity contribution is -0.120. The first-order chi connectivity index (χ1) is 16.5. The minimum absolute atomic E-state index is 0.0307. The van der Waals surface area contributed by atoms with Crippen molar-refractivity contribution >= 4 is 27.6 Å². The zero-order chi connectivity index (χ0) is 23.7. The van der Waals surface area contributed by atoms with Gasteiger partial charge in [0.1, 0.15) is 28.2 Å². The van der Waals surface area contributed by atoms with Crippen LogP contribution in [-0.2, 0) is 17.8 Å². The van der Waals surface area contributed by atoms with Gasteiger partial charge in [-0.3, -0.25) is 9.78 Å². The van der Waals surface area contributed by atoms with Crippen LogP contribution >= 0.6 is 0 Å². The molecular weight excluding hydrogens is 432 g/mol. The molecular formula is C27H22N2O5. The van der Waals surface area contributed by atoms with Gasteiger partial charge in [-0.05, 0) is 47.5 Å². The van der Waals surface area contributed by atoms with E-state index in [0.29, 0.717) is 29.2 Å². The van der Waals surface area contributed by atoms with Gasteiger partial charge in [0, 0.05) is 36.1 Å². The molecule has 1 amide bonds. The Balaban J connectivity index is 1.55. The quantitative estimate of drug-likeness (QED) is 0.397. The zero-order valence-corrected chi connectivity index (χ0v) is 18.8. The number of ether oxygens (including phenoxy) is 1. The fourth-order valence-corrected chi connectivity index (χ4v) is 4.04. The molecule has 0 aliphatic carbocycles. The molecule has 0 bridgehead atoms. The van der Waals surface area contributed by atoms with E-state index < -0.39 is 5.63 Å². The van der Waals surface area contributed by atoms with Crippen molar-refractivity contribution < 1.29 is 18.4 Å². The number of fused-ring (bicyclic) bond motifs is 2. The van der Waals surface area contributed by atoms with E-state index in [1.165, 1.54) is 0 Å². The maximum atomic E-state index is 12.9. The summed E-state index contributed by atoms with van der Waals surface area (Å²) in [4.78, 5) is 29.6. The summed E-state index contributed by atoms with van der Waals surface area (Å²) >= 11 is 0. The van der Waals surface area contributed by atoms with Gasteiger partial charge in [0.2, 0.25) is 5.91 Å². The third kappa shape index (κ3) is 4.15. The molecule has 7 heteroatoms. The Morgan fingerprint density at radius 1 is 1.06 bits per heavy atom. The molecule has 0 saturated heterocycles. The summed E-state index contributed by atoms with van der Waals surface area (Å²) in [5, 5.41) is 5.16. The Hall–Kier alpha value is -4.39. The van der Waals surface area contributed by atoms with Gasteiger partial charge in [-0.1, -0.05) is 24.3 Å². The summed E-state index contributed by atoms with van der Waals surface area (Å²) in [6.45, 7) is 2.02. The lowest BCUT2D eigenvalue weighted by Gasteiger charge is -2.08. The van der Waals surface area contributed by atoms with E-state index in [1.54, 1.807) is 32.5 Å². The Morgan fingerprint density at radius 3 is 2.68 bits per heavy atom. The summed E-state index contributed by atoms with van der Waals surface area (Å²) in [5.41, 5.74) is 2.02. The predicted octanol–water partition coefficient (Wildman–Crippen LogP) is 4.78. The summed E-state index contributed by atoms with van der Waals surface area (Å²) in [7, 11) is 1.63. The number of carbonyl (C=O) groups excluding carboxylic acids is 1. The first-order valence-electron chi connectivity index (χ1n) is 10.8. The van der Waals surface area contributed by atoms with Crippen LogP contribution in [0, 0.1) is 6.92 Å². The molecule has 3 aromatic heterocycles. The Morgan fingerprint density at radius 2 is 1.88 bits per heavy atom. The van der Waals surface area contributed by atoms with Crippen molar-refractivity contribution in [3.05, 3.63) is 94.3 Å². The molecule has 5 aromatic rings. The van der Waals surface area contributed by atoms with Crippen LogP contribution in [0.25, 0.3) is 33.1 Å². The highest BCUT2D eigenvalue weighted by atomic mass is 16.5. The number of nitrogens with zero attached hydrogens (tertiary/aromatic N) is 1. The number of hydrogen-bond donors (Lipinski definition) is 1. The van der Waals surface area contributed by atoms with Gasteiger partial charge in [-0.25, -0.2) is 4.79 Å². The second kappa shape index (κ2) is 8.86. The summed E-state index contributed by atoms with van der Waals surface area (Å²) in [5.74, 6) is 1.44. The molecule has 0 fully saturated rings. The SMILES string of the molecule is COc1ccc2cc(-c3oc4cc(C)oc(=O)c4c3CC(=O)NCc3cccnc3)ccc2c1. The number of aromatic nitrogens is 1. The van der Waals surface area contributed by atoms with Crippen molar-refractivity contribution in [1.82, 2.24) is 10.3 Å². The van der Waals surface area contributed by atoms with Crippen LogP contribution in [0.4, 0.5) is 0 Å². The molecule has 0 unspecified atom stereocenters. The molecule has 0 aliphatic rings. The topological polar surface area (TPSA) is 94.6 Å². The van der Waals surface area contributed by atoms with Gasteiger partial charge < -0.3 is 18.9 Å². The molecule has 0 atom stereocenters. The van der Waals surface area contributed by atoms with Gasteiger partial charge in [-0.15, -0.1) is 0 Å². The van der Waals surface area contributed by atoms with Crippen LogP contribution in [0.3, 0.4) is 0 Å². The summed E-state index contributed by atoms with van der Waals surface area (Å²) < 4.78 is 16.8. The number of benzene rings is 2. The highest BCUT2D eigenvalue weighted by Gasteiger charge is 2.22. The molecule has 2 aromatic carbocycles. The van der Waals surface area contributed by atoms with Crippen molar-refractivity contribution in [1.29, 1.82) is 0 Å². The third-order valence-electron chi connectivity index (χ3n) is 5.69. The smallest absolute Gasteiger partial charge is 0.347 e. The van der Waals surface area contributed by atoms with Crippen LogP contribution in [0.1, 0.15) is 16.9 Å². The first kappa shape index (κ1) is 21.5. The van der Waals surface area contributed by atoms with Crippen LogP contribution in [0.15, 0.2) is 80.6 Å². The van der Waals surface area contributed by atoms with Crippen LogP contribution in [-0.4, -0.2) is 18.0 Å². The molecule has 5 rings (SSSR count). The Kier molecular flexibility index (Phi) is 5.59. The molecule has 170 valence electrons. The summed E-state index contributed by atoms with van der Waals surface area (Å²) in [6.07, 6.45) is 3.34. The average Bonchev–Trinajstić information content (AvgIpc) is 3.20. The highest BCUT2D eigenvalue weighted by molar-refractivity contribution is 5.95. The zero-order valence-electron chi connectivity index (χ0n) is 18.8. The number of amides is 1. The lowest BCUT2D eigenvalue weighted by Crippen LogP contribution is -2.25. The van der Waals surface area contributed by atoms with Gasteiger partial charge >= 0.3 is 5.63 Å². The predicted molar refractivity (Wildman–Crippen MR) is 129 cm³/mol. The van der Waals surface area contributed by atoms with E-state index in [0.717, 1.165) is 27.6 Å². The molecule has 0 spiro atoms. The number of hydrogen-bond acceptors (Lipinski definition) is 6. The van der Waals surface area contributed by atoms with E-state index in [4.69, 9.17) is 13.6 Å². The fourth-order valence-electron chi connectivity index (χ4n) is 4.04. The van der Waals surface area contributed by atoms with Gasteiger partial charge in [0.25, 0.3) is 0 Å². The number of carbonyl (C=O) groups is 1. The lowest BCUT2D eigenvalue weighted by atomic mass is 10.0. The molecule has 0 radical (unpaired) electrons. The Bertz CT molecular complexity index is 1570. The molecule has 34 heavy (non-hydrogen) atoms. The number of furan rings is 1. The van der Waals surface area contributed by atoms with Crippen LogP contribution in [0.2, 0.25) is 0 Å². The monoisotopic (exact) mass is 454 g/mol. The van der Waals surface area contributed by atoms with E-state index in [9.17, 15) is 9.59 Å². The number of aryl methyl sites for hydroxylation is 1. The van der Waals surface area contributed by atoms with Gasteiger partial charge in [-0.2, -0.15) is 0 Å². The van der Waals surface area contributed by atoms with Crippen molar-refractivity contribution in [2.24, 2.45) is 0 Å². The van der Waals surface area contributed by atoms with E-state index >= 15 is 0 Å². The maximum Gasteiger partial charge on any atom is 0.347 e. The number of pyridine rings is 1. The summed E-state index contributed by atoms with van der Waals surface area (Å²) in [6, 6.07) is 17.0. The van der Waals surface area contributed by atoms with Crippen molar-refractivity contribution in [2.75, 3.05) is 7.11 Å². The van der Waals surface area contributed by atoms with E-state index in [-0.39, 0.29) is 17.7 Å². The van der Waals surface area contributed by atoms with Gasteiger partial charge in [0.15, 0.2) is 0 Å². The third-order valence-corrected chi connectivity index (χ3v) is 5.69. The number of methoxy groups -OCH3 is 1. The van der Waals surface area contributed by atoms with Crippen LogP contribution in [0.5, 0.6) is 5.75 Å². The van der Waals surface area contributed by atoms with E-state index in [2.05, 4.69) is 10.3 Å². The van der Waals surface area contributed by atoms with E-state index in [1.807, 2.05) is 48.5 Å². The molecule has 3 heterocycles. The van der Waals surface area contributed by atoms with Crippen molar-refractivity contribution in [2.45, 2.75) is 19.9 Å². The van der Waals surface area contributed by atoms with Crippen molar-refractivity contribution in [3.63, 3.8) is 0 Å². The average molecular weight is 454 g/mol. The highest BCUT2D eigenvalue weighted by Crippen LogP contribution is 2.35. The number of rotatable bonds is 6. The maximum absolute atomic E-state index is 12.9. The largest absolute Gasteiger partial charge is 0.497 e. The Labute approximate surface area is 195 Å². The fraction of sp³-hybridized carbons (Fsp3) is 0.148. The van der Waals surface area contributed by atoms with Crippen molar-refractivity contribution in [3.8, 4) is 17.1 Å². The number of nitrogens with one attached hydrogen (secondary N) is 1. The normalized spacial score (nSPS) is 11.1. The van der Waals surface area contributed by atoms with Gasteiger partial charge in [0.05, 0.1) is 13.5 Å². The second-order valence-corrected chi connectivity index (χ2v) is 8.04. The molecule has 0 saturated carbocycles. The minimum atomic E-state index is -0.523. The minimum Gasteiger partial charge on any atom is -0.497 e. The molecule has 0 aliphatic heterocycles. The molecule has 7 nitrogen and oxygen atoms in total. The first-order valence-corrected chi connectivity index (χ1v) is 10.8. The standard InChI is InChI=1S/C27H22N2O5/c1-16-10-23-25(27(31)33-16)22(13-24(30)29-15-17-4-3-9-28-14-17)26(34-23)20-6-5-19-12-21(32-2)8-7-18(19)11-20/h3-12,14H,13,15H2,1-2H3,(H,29,30). The second-order valence-electron chi connectivity index (χ2n) is 8.04. The van der Waals surface area contributed by atoms with Crippen LogP contribution < -0.4 is 15.7 Å².